The van der Waals surface area contributed by atoms with E-state index >= 15 is 0 Å². The lowest BCUT2D eigenvalue weighted by molar-refractivity contribution is -0.143. The summed E-state index contributed by atoms with van der Waals surface area (Å²) >= 11 is 1.45. The van der Waals surface area contributed by atoms with E-state index in [0.29, 0.717) is 23.3 Å². The molecule has 5 amide bonds. The molecular weight excluding hydrogens is 887 g/mol. The molecule has 0 aliphatic heterocycles. The van der Waals surface area contributed by atoms with E-state index in [0.717, 1.165) is 27.4 Å². The van der Waals surface area contributed by atoms with Crippen LogP contribution in [0.3, 0.4) is 0 Å². The van der Waals surface area contributed by atoms with Gasteiger partial charge in [0.25, 0.3) is 0 Å². The van der Waals surface area contributed by atoms with Gasteiger partial charge in [-0.25, -0.2) is 4.79 Å². The number of para-hydroxylation sites is 2. The summed E-state index contributed by atoms with van der Waals surface area (Å²) in [7, 11) is 1.48. The summed E-state index contributed by atoms with van der Waals surface area (Å²) in [6, 6.07) is 17.1. The van der Waals surface area contributed by atoms with E-state index in [1.807, 2.05) is 99.0 Å². The van der Waals surface area contributed by atoms with Crippen molar-refractivity contribution in [1.82, 2.24) is 36.1 Å². The number of carboxylic acids is 1. The molecule has 5 aromatic rings. The largest absolute Gasteiger partial charge is 0.480 e. The molecule has 0 radical (unpaired) electrons. The molecule has 19 heteroatoms. The molecular formula is C49H65N11O7S. The van der Waals surface area contributed by atoms with Crippen LogP contribution < -0.4 is 38.5 Å². The third kappa shape index (κ3) is 14.8. The number of hydrogen-bond donors (Lipinski definition) is 10. The number of aromatic nitrogens is 2. The first-order valence-corrected chi connectivity index (χ1v) is 24.1. The number of carbonyl (C=O) groups excluding carboxylic acids is 5. The summed E-state index contributed by atoms with van der Waals surface area (Å²) in [5.41, 5.74) is 21.0. The third-order valence-corrected chi connectivity index (χ3v) is 12.3. The molecule has 0 spiro atoms. The van der Waals surface area contributed by atoms with Crippen LogP contribution >= 0.6 is 11.8 Å². The summed E-state index contributed by atoms with van der Waals surface area (Å²) in [6.07, 6.45) is 6.40. The Morgan fingerprint density at radius 3 is 1.79 bits per heavy atom. The minimum Gasteiger partial charge on any atom is -0.480 e. The van der Waals surface area contributed by atoms with Gasteiger partial charge in [-0.05, 0) is 72.4 Å². The molecule has 0 saturated heterocycles. The Bertz CT molecular complexity index is 2520. The summed E-state index contributed by atoms with van der Waals surface area (Å²) in [4.78, 5) is 95.8. The van der Waals surface area contributed by atoms with E-state index in [-0.39, 0.29) is 56.9 Å². The van der Waals surface area contributed by atoms with Crippen LogP contribution in [0.1, 0.15) is 56.2 Å². The topological polar surface area (TPSA) is 296 Å². The van der Waals surface area contributed by atoms with Gasteiger partial charge in [0.2, 0.25) is 29.5 Å². The van der Waals surface area contributed by atoms with Crippen LogP contribution in [0.2, 0.25) is 0 Å². The lowest BCUT2D eigenvalue weighted by atomic mass is 9.98. The van der Waals surface area contributed by atoms with Gasteiger partial charge in [0.1, 0.15) is 30.2 Å². The number of aliphatic carboxylic acids is 1. The van der Waals surface area contributed by atoms with E-state index in [1.165, 1.54) is 23.7 Å². The second-order valence-corrected chi connectivity index (χ2v) is 18.3. The molecule has 0 fully saturated rings. The number of benzene rings is 3. The molecule has 0 unspecified atom stereocenters. The van der Waals surface area contributed by atoms with Gasteiger partial charge in [-0.1, -0.05) is 80.6 Å². The van der Waals surface area contributed by atoms with Crippen LogP contribution in [0.15, 0.2) is 96.2 Å². The van der Waals surface area contributed by atoms with Crippen LogP contribution in [-0.2, 0) is 48.0 Å². The monoisotopic (exact) mass is 951 g/mol. The highest BCUT2D eigenvalue weighted by Gasteiger charge is 2.37. The van der Waals surface area contributed by atoms with E-state index in [4.69, 9.17) is 17.2 Å². The smallest absolute Gasteiger partial charge is 0.326 e. The number of nitrogens with one attached hydrogen (secondary N) is 6. The number of guanidine groups is 1. The summed E-state index contributed by atoms with van der Waals surface area (Å²) in [5, 5.41) is 22.8. The highest BCUT2D eigenvalue weighted by Crippen LogP contribution is 2.22. The maximum atomic E-state index is 15.0. The van der Waals surface area contributed by atoms with Gasteiger partial charge in [-0.3, -0.25) is 29.0 Å². The molecule has 18 nitrogen and oxygen atoms in total. The summed E-state index contributed by atoms with van der Waals surface area (Å²) < 4.78 is 0. The second-order valence-electron chi connectivity index (χ2n) is 17.3. The number of rotatable bonds is 26. The number of fused-ring (bicyclic) bond motifs is 2. The molecule has 0 aliphatic carbocycles. The molecule has 364 valence electrons. The fourth-order valence-electron chi connectivity index (χ4n) is 8.03. The Balaban J connectivity index is 1.48. The molecule has 0 saturated carbocycles. The van der Waals surface area contributed by atoms with Crippen LogP contribution in [0.4, 0.5) is 0 Å². The molecule has 68 heavy (non-hydrogen) atoms. The zero-order valence-corrected chi connectivity index (χ0v) is 39.8. The highest BCUT2D eigenvalue weighted by molar-refractivity contribution is 7.98. The van der Waals surface area contributed by atoms with Crippen molar-refractivity contribution in [3.63, 3.8) is 0 Å². The number of H-pyrrole nitrogens is 2. The number of carbonyl (C=O) groups is 6. The first-order chi connectivity index (χ1) is 32.6. The van der Waals surface area contributed by atoms with Crippen LogP contribution in [0.25, 0.3) is 21.8 Å². The minimum atomic E-state index is -1.28. The summed E-state index contributed by atoms with van der Waals surface area (Å²) in [5.74, 6) is -4.08. The van der Waals surface area contributed by atoms with Gasteiger partial charge in [0.15, 0.2) is 5.96 Å². The maximum Gasteiger partial charge on any atom is 0.326 e. The molecule has 0 aliphatic rings. The van der Waals surface area contributed by atoms with Crippen LogP contribution in [0, 0.1) is 5.92 Å². The predicted molar refractivity (Wildman–Crippen MR) is 266 cm³/mol. The lowest BCUT2D eigenvalue weighted by Crippen LogP contribution is -2.60. The second kappa shape index (κ2) is 25.3. The first kappa shape index (κ1) is 52.1. The molecule has 5 rings (SSSR count). The first-order valence-electron chi connectivity index (χ1n) is 22.7. The number of likely N-dealkylation sites (N-methyl/N-ethyl adjacent to an activating group) is 1. The van der Waals surface area contributed by atoms with Crippen molar-refractivity contribution in [2.75, 3.05) is 25.6 Å². The number of hydrogen-bond acceptors (Lipinski definition) is 9. The average Bonchev–Trinajstić information content (AvgIpc) is 3.93. The molecule has 6 atom stereocenters. The van der Waals surface area contributed by atoms with Crippen molar-refractivity contribution < 1.29 is 33.9 Å². The molecule has 13 N–H and O–H groups in total. The van der Waals surface area contributed by atoms with Gasteiger partial charge < -0.3 is 58.4 Å². The van der Waals surface area contributed by atoms with Gasteiger partial charge in [-0.15, -0.1) is 0 Å². The lowest BCUT2D eigenvalue weighted by Gasteiger charge is -2.33. The Kier molecular flexibility index (Phi) is 19.4. The number of amides is 5. The van der Waals surface area contributed by atoms with Crippen molar-refractivity contribution in [2.24, 2.45) is 28.1 Å². The van der Waals surface area contributed by atoms with Crippen molar-refractivity contribution in [2.45, 2.75) is 95.0 Å². The quantitative estimate of drug-likeness (QED) is 0.0218. The van der Waals surface area contributed by atoms with Gasteiger partial charge in [0.05, 0.1) is 6.04 Å². The molecule has 3 aromatic carbocycles. The number of aliphatic imine (C=N–C) groups is 1. The van der Waals surface area contributed by atoms with E-state index < -0.39 is 71.8 Å². The van der Waals surface area contributed by atoms with E-state index in [1.54, 1.807) is 12.4 Å². The van der Waals surface area contributed by atoms with Gasteiger partial charge in [-0.2, -0.15) is 11.8 Å². The van der Waals surface area contributed by atoms with Crippen LogP contribution in [0.5, 0.6) is 0 Å². The Labute approximate surface area is 400 Å². The Morgan fingerprint density at radius 2 is 1.22 bits per heavy atom. The number of aromatic amines is 2. The number of nitrogens with two attached hydrogens (primary N) is 3. The molecule has 2 heterocycles. The SMILES string of the molecule is CSCC[C@H](NC(=O)[C@H](CC(C)C)NC(=O)[C@@H](Cc1c[nH]c2ccccc12)NC(=O)[C@H](Cc1ccccc1)N(C)C(=O)[C@@H](Cc1c[nH]c2ccccc12)NC(=O)[C@@H](N)CCCN=C(N)N)C(=O)O. The Morgan fingerprint density at radius 1 is 0.691 bits per heavy atom. The van der Waals surface area contributed by atoms with Gasteiger partial charge in [0, 0.05) is 67.1 Å². The minimum absolute atomic E-state index is 0.0148. The number of nitrogens with zero attached hydrogens (tertiary/aromatic N) is 2. The highest BCUT2D eigenvalue weighted by atomic mass is 32.2. The van der Waals surface area contributed by atoms with E-state index in [2.05, 4.69) is 36.2 Å². The zero-order valence-electron chi connectivity index (χ0n) is 39.0. The van der Waals surface area contributed by atoms with Crippen molar-refractivity contribution in [3.8, 4) is 0 Å². The normalized spacial score (nSPS) is 14.0. The molecule has 2 aromatic heterocycles. The van der Waals surface area contributed by atoms with Crippen molar-refractivity contribution in [1.29, 1.82) is 0 Å². The van der Waals surface area contributed by atoms with Crippen LogP contribution in [-0.4, -0.2) is 123 Å². The number of thioether (sulfide) groups is 1. The average molecular weight is 952 g/mol. The fourth-order valence-corrected chi connectivity index (χ4v) is 8.50. The maximum absolute atomic E-state index is 15.0. The van der Waals surface area contributed by atoms with Crippen molar-refractivity contribution in [3.05, 3.63) is 108 Å². The van der Waals surface area contributed by atoms with E-state index in [9.17, 15) is 33.9 Å². The fraction of sp³-hybridized carbons (Fsp3) is 0.408. The van der Waals surface area contributed by atoms with Gasteiger partial charge >= 0.3 is 5.97 Å². The third-order valence-electron chi connectivity index (χ3n) is 11.7. The zero-order chi connectivity index (χ0) is 49.3. The number of carboxylic acid groups (broad SMARTS) is 1. The molecule has 0 bridgehead atoms. The predicted octanol–water partition coefficient (Wildman–Crippen LogP) is 2.71. The standard InChI is InChI=1S/C49H65N11O7S/c1-29(2)23-39(44(62)56-38(48(66)67)20-22-68-4)57-45(63)40(25-31-27-54-36-18-10-8-15-33(31)36)58-46(64)42(24-30-13-6-5-7-14-30)60(3)47(65)41(26-32-28-55-37-19-11-9-16-34(32)37)59-43(61)35(50)17-12-21-53-49(51)52/h5-11,13-16,18-19,27-29,35,38-42,54-55H,12,17,20-26,50H2,1-4H3,(H,56,62)(H,57,63)(H,58,64)(H,59,61)(H,66,67)(H4,51,52,53)/t35-,38-,39-,40+,41+,42-/m0/s1. The Hall–Kier alpha value is -6.86. The summed E-state index contributed by atoms with van der Waals surface area (Å²) in [6.45, 7) is 4.00. The van der Waals surface area contributed by atoms with Crippen molar-refractivity contribution >= 4 is 75.0 Å².